The summed E-state index contributed by atoms with van der Waals surface area (Å²) in [6.45, 7) is 2.15. The molecule has 34 heavy (non-hydrogen) atoms. The number of ether oxygens (including phenoxy) is 2. The van der Waals surface area contributed by atoms with Crippen molar-refractivity contribution < 1.29 is 23.9 Å². The molecule has 8 heteroatoms. The van der Waals surface area contributed by atoms with Crippen molar-refractivity contribution in [1.82, 2.24) is 5.32 Å². The molecule has 0 fully saturated rings. The first-order valence-electron chi connectivity index (χ1n) is 10.5. The van der Waals surface area contributed by atoms with Crippen molar-refractivity contribution in [3.05, 3.63) is 101 Å². The third kappa shape index (κ3) is 7.50. The maximum Gasteiger partial charge on any atom is 0.513 e. The van der Waals surface area contributed by atoms with E-state index in [0.29, 0.717) is 16.3 Å². The Labute approximate surface area is 202 Å². The first-order valence-corrected chi connectivity index (χ1v) is 10.9. The van der Waals surface area contributed by atoms with Crippen LogP contribution < -0.4 is 15.4 Å². The molecule has 0 atom stereocenters. The van der Waals surface area contributed by atoms with Crippen molar-refractivity contribution in [1.29, 1.82) is 0 Å². The summed E-state index contributed by atoms with van der Waals surface area (Å²) in [6.07, 6.45) is 2.25. The predicted molar refractivity (Wildman–Crippen MR) is 131 cm³/mol. The van der Waals surface area contributed by atoms with E-state index in [1.165, 1.54) is 18.2 Å². The molecule has 2 amide bonds. The summed E-state index contributed by atoms with van der Waals surface area (Å²) in [4.78, 5) is 36.0. The van der Waals surface area contributed by atoms with Gasteiger partial charge < -0.3 is 20.1 Å². The third-order valence-corrected chi connectivity index (χ3v) is 4.89. The van der Waals surface area contributed by atoms with Gasteiger partial charge in [0.25, 0.3) is 5.91 Å². The molecule has 0 aliphatic heterocycles. The van der Waals surface area contributed by atoms with E-state index >= 15 is 0 Å². The minimum Gasteiger partial charge on any atom is -0.434 e. The SMILES string of the molecule is CCOC(=O)Oc1ccc(C(=O)NCc2cccc(NC(=O)/C=C/c3ccccc3Cl)c2)cc1. The first-order chi connectivity index (χ1) is 16.4. The number of nitrogens with one attached hydrogen (secondary N) is 2. The molecule has 0 heterocycles. The van der Waals surface area contributed by atoms with Crippen LogP contribution in [0.3, 0.4) is 0 Å². The lowest BCUT2D eigenvalue weighted by atomic mass is 10.1. The number of rotatable bonds is 8. The summed E-state index contributed by atoms with van der Waals surface area (Å²) in [5, 5.41) is 6.17. The van der Waals surface area contributed by atoms with Crippen LogP contribution >= 0.6 is 11.6 Å². The molecule has 7 nitrogen and oxygen atoms in total. The largest absolute Gasteiger partial charge is 0.513 e. The molecule has 0 spiro atoms. The van der Waals surface area contributed by atoms with Crippen LogP contribution in [0.5, 0.6) is 5.75 Å². The van der Waals surface area contributed by atoms with Gasteiger partial charge in [-0.1, -0.05) is 41.9 Å². The summed E-state index contributed by atoms with van der Waals surface area (Å²) in [6, 6.07) is 20.5. The minimum atomic E-state index is -0.800. The molecule has 0 radical (unpaired) electrons. The highest BCUT2D eigenvalue weighted by molar-refractivity contribution is 6.32. The van der Waals surface area contributed by atoms with Crippen LogP contribution in [0.1, 0.15) is 28.4 Å². The highest BCUT2D eigenvalue weighted by Crippen LogP contribution is 2.17. The standard InChI is InChI=1S/C26H23ClN2O5/c1-2-33-26(32)34-22-13-10-20(11-14-22)25(31)28-17-18-6-5-8-21(16-18)29-24(30)15-12-19-7-3-4-9-23(19)27/h3-16H,2,17H2,1H3,(H,28,31)(H,29,30)/b15-12+. The molecular formula is C26H23ClN2O5. The molecule has 2 N–H and O–H groups in total. The molecule has 0 aliphatic carbocycles. The molecule has 3 aromatic carbocycles. The van der Waals surface area contributed by atoms with Crippen LogP contribution in [0.2, 0.25) is 5.02 Å². The van der Waals surface area contributed by atoms with Crippen molar-refractivity contribution in [2.75, 3.05) is 11.9 Å². The van der Waals surface area contributed by atoms with Crippen LogP contribution in [0.15, 0.2) is 78.9 Å². The number of amides is 2. The Balaban J connectivity index is 1.53. The Bertz CT molecular complexity index is 1190. The fourth-order valence-corrected chi connectivity index (χ4v) is 3.12. The molecule has 0 bridgehead atoms. The van der Waals surface area contributed by atoms with Gasteiger partial charge in [0, 0.05) is 28.9 Å². The topological polar surface area (TPSA) is 93.7 Å². The van der Waals surface area contributed by atoms with Gasteiger partial charge in [-0.15, -0.1) is 0 Å². The number of benzene rings is 3. The highest BCUT2D eigenvalue weighted by Gasteiger charge is 2.09. The molecule has 3 aromatic rings. The Morgan fingerprint density at radius 3 is 2.47 bits per heavy atom. The average Bonchev–Trinajstić information content (AvgIpc) is 2.83. The number of anilines is 1. The molecule has 174 valence electrons. The van der Waals surface area contributed by atoms with E-state index < -0.39 is 6.16 Å². The zero-order valence-corrected chi connectivity index (χ0v) is 19.2. The van der Waals surface area contributed by atoms with Crippen molar-refractivity contribution in [2.24, 2.45) is 0 Å². The van der Waals surface area contributed by atoms with Crippen LogP contribution in [0.4, 0.5) is 10.5 Å². The van der Waals surface area contributed by atoms with Gasteiger partial charge in [0.05, 0.1) is 6.61 Å². The molecular weight excluding hydrogens is 456 g/mol. The second-order valence-corrected chi connectivity index (χ2v) is 7.44. The number of hydrogen-bond acceptors (Lipinski definition) is 5. The first kappa shape index (κ1) is 24.5. The second kappa shape index (κ2) is 12.2. The average molecular weight is 479 g/mol. The smallest absolute Gasteiger partial charge is 0.434 e. The summed E-state index contributed by atoms with van der Waals surface area (Å²) in [7, 11) is 0. The Morgan fingerprint density at radius 1 is 0.971 bits per heavy atom. The number of hydrogen-bond donors (Lipinski definition) is 2. The lowest BCUT2D eigenvalue weighted by molar-refractivity contribution is -0.111. The van der Waals surface area contributed by atoms with E-state index in [9.17, 15) is 14.4 Å². The summed E-state index contributed by atoms with van der Waals surface area (Å²) < 4.78 is 9.68. The fraction of sp³-hybridized carbons (Fsp3) is 0.115. The normalized spacial score (nSPS) is 10.5. The van der Waals surface area contributed by atoms with Crippen LogP contribution in [-0.4, -0.2) is 24.6 Å². The van der Waals surface area contributed by atoms with Gasteiger partial charge in [-0.05, 0) is 66.6 Å². The fourth-order valence-electron chi connectivity index (χ4n) is 2.92. The third-order valence-electron chi connectivity index (χ3n) is 4.55. The zero-order valence-electron chi connectivity index (χ0n) is 18.4. The molecule has 0 unspecified atom stereocenters. The molecule has 0 saturated heterocycles. The molecule has 3 rings (SSSR count). The number of carbonyl (C=O) groups excluding carboxylic acids is 3. The van der Waals surface area contributed by atoms with E-state index in [1.54, 1.807) is 49.4 Å². The number of halogens is 1. The Kier molecular flexibility index (Phi) is 8.82. The van der Waals surface area contributed by atoms with Gasteiger partial charge in [0.1, 0.15) is 5.75 Å². The Morgan fingerprint density at radius 2 is 1.74 bits per heavy atom. The van der Waals surface area contributed by atoms with Crippen molar-refractivity contribution in [3.63, 3.8) is 0 Å². The van der Waals surface area contributed by atoms with Crippen molar-refractivity contribution >= 4 is 41.3 Å². The highest BCUT2D eigenvalue weighted by atomic mass is 35.5. The van der Waals surface area contributed by atoms with Gasteiger partial charge in [0.2, 0.25) is 5.91 Å². The van der Waals surface area contributed by atoms with Crippen LogP contribution in [0.25, 0.3) is 6.08 Å². The van der Waals surface area contributed by atoms with E-state index in [1.807, 2.05) is 24.3 Å². The summed E-state index contributed by atoms with van der Waals surface area (Å²) in [5.74, 6) is -0.312. The van der Waals surface area contributed by atoms with Crippen molar-refractivity contribution in [2.45, 2.75) is 13.5 Å². The lowest BCUT2D eigenvalue weighted by Gasteiger charge is -2.09. The van der Waals surface area contributed by atoms with E-state index in [2.05, 4.69) is 10.6 Å². The van der Waals surface area contributed by atoms with Crippen LogP contribution in [0, 0.1) is 0 Å². The lowest BCUT2D eigenvalue weighted by Crippen LogP contribution is -2.22. The quantitative estimate of drug-likeness (QED) is 0.255. The predicted octanol–water partition coefficient (Wildman–Crippen LogP) is 5.46. The zero-order chi connectivity index (χ0) is 24.3. The van der Waals surface area contributed by atoms with Gasteiger partial charge >= 0.3 is 6.16 Å². The molecule has 0 aliphatic rings. The van der Waals surface area contributed by atoms with E-state index in [-0.39, 0.29) is 30.7 Å². The van der Waals surface area contributed by atoms with Gasteiger partial charge in [-0.25, -0.2) is 4.79 Å². The molecule has 0 aromatic heterocycles. The number of carbonyl (C=O) groups is 3. The van der Waals surface area contributed by atoms with Crippen molar-refractivity contribution in [3.8, 4) is 5.75 Å². The Hall–Kier alpha value is -4.10. The molecule has 0 saturated carbocycles. The summed E-state index contributed by atoms with van der Waals surface area (Å²) in [5.41, 5.74) is 2.56. The van der Waals surface area contributed by atoms with Crippen LogP contribution in [-0.2, 0) is 16.1 Å². The monoisotopic (exact) mass is 478 g/mol. The van der Waals surface area contributed by atoms with Gasteiger partial charge in [0.15, 0.2) is 0 Å². The second-order valence-electron chi connectivity index (χ2n) is 7.04. The van der Waals surface area contributed by atoms with E-state index in [0.717, 1.165) is 11.1 Å². The van der Waals surface area contributed by atoms with Gasteiger partial charge in [-0.2, -0.15) is 0 Å². The van der Waals surface area contributed by atoms with Gasteiger partial charge in [-0.3, -0.25) is 9.59 Å². The summed E-state index contributed by atoms with van der Waals surface area (Å²) >= 11 is 6.09. The minimum absolute atomic E-state index is 0.212. The van der Waals surface area contributed by atoms with E-state index in [4.69, 9.17) is 21.1 Å². The maximum atomic E-state index is 12.4. The maximum absolute atomic E-state index is 12.4.